The van der Waals surface area contributed by atoms with Gasteiger partial charge in [-0.3, -0.25) is 0 Å². The van der Waals surface area contributed by atoms with Gasteiger partial charge in [0, 0.05) is 32.7 Å². The third-order valence-corrected chi connectivity index (χ3v) is 16.0. The summed E-state index contributed by atoms with van der Waals surface area (Å²) in [5.41, 5.74) is 25.4. The average Bonchev–Trinajstić information content (AvgIpc) is 4.08. The van der Waals surface area contributed by atoms with E-state index in [-0.39, 0.29) is 6.71 Å². The Bertz CT molecular complexity index is 4350. The molecule has 2 nitrogen and oxygen atoms in total. The summed E-state index contributed by atoms with van der Waals surface area (Å²) in [5, 5.41) is 10.00. The molecular formula is C67H46BNO. The molecule has 0 radical (unpaired) electrons. The van der Waals surface area contributed by atoms with Crippen molar-refractivity contribution in [3.05, 3.63) is 229 Å². The number of hydrogen-bond donors (Lipinski definition) is 0. The van der Waals surface area contributed by atoms with E-state index in [4.69, 9.17) is 4.42 Å². The molecule has 0 N–H and O–H groups in total. The fraction of sp³-hybridized carbons (Fsp3) is 0.0746. The summed E-state index contributed by atoms with van der Waals surface area (Å²) >= 11 is 0. The highest BCUT2D eigenvalue weighted by Gasteiger charge is 2.41. The first-order chi connectivity index (χ1) is 34.5. The van der Waals surface area contributed by atoms with Gasteiger partial charge in [0.05, 0.1) is 5.52 Å². The minimum Gasteiger partial charge on any atom is -0.456 e. The maximum Gasteiger partial charge on any atom is 0.248 e. The van der Waals surface area contributed by atoms with Gasteiger partial charge in [-0.25, -0.2) is 0 Å². The van der Waals surface area contributed by atoms with Gasteiger partial charge < -0.3 is 8.98 Å². The summed E-state index contributed by atoms with van der Waals surface area (Å²) in [6.07, 6.45) is 0.867. The van der Waals surface area contributed by atoms with Gasteiger partial charge in [0.25, 0.3) is 0 Å². The molecule has 2 aromatic heterocycles. The van der Waals surface area contributed by atoms with Crippen LogP contribution in [0.4, 0.5) is 0 Å². The van der Waals surface area contributed by atoms with E-state index in [1.165, 1.54) is 138 Å². The van der Waals surface area contributed by atoms with Crippen LogP contribution in [0.2, 0.25) is 0 Å². The molecule has 13 aromatic rings. The van der Waals surface area contributed by atoms with E-state index in [1.54, 1.807) is 0 Å². The highest BCUT2D eigenvalue weighted by atomic mass is 16.3. The van der Waals surface area contributed by atoms with Crippen LogP contribution in [0.1, 0.15) is 42.0 Å². The summed E-state index contributed by atoms with van der Waals surface area (Å²) in [6, 6.07) is 77.5. The minimum atomic E-state index is -0.111. The van der Waals surface area contributed by atoms with Crippen LogP contribution < -0.4 is 16.4 Å². The molecule has 11 aromatic carbocycles. The summed E-state index contributed by atoms with van der Waals surface area (Å²) in [7, 11) is 0. The molecule has 3 heteroatoms. The van der Waals surface area contributed by atoms with Gasteiger partial charge in [0.2, 0.25) is 6.71 Å². The molecule has 0 fully saturated rings. The second-order valence-electron chi connectivity index (χ2n) is 20.0. The normalized spacial score (nSPS) is 12.8. The van der Waals surface area contributed by atoms with Crippen LogP contribution in [-0.2, 0) is 6.42 Å². The minimum absolute atomic E-state index is 0.111. The molecule has 0 amide bonds. The van der Waals surface area contributed by atoms with Gasteiger partial charge in [-0.1, -0.05) is 201 Å². The Labute approximate surface area is 407 Å². The van der Waals surface area contributed by atoms with E-state index < -0.39 is 0 Å². The van der Waals surface area contributed by atoms with Crippen LogP contribution in [-0.4, -0.2) is 11.3 Å². The van der Waals surface area contributed by atoms with E-state index in [9.17, 15) is 0 Å². The zero-order valence-corrected chi connectivity index (χ0v) is 39.3. The molecule has 0 atom stereocenters. The van der Waals surface area contributed by atoms with Crippen molar-refractivity contribution in [3.63, 3.8) is 0 Å². The summed E-state index contributed by atoms with van der Waals surface area (Å²) in [6.45, 7) is 6.90. The lowest BCUT2D eigenvalue weighted by Gasteiger charge is -2.32. The van der Waals surface area contributed by atoms with Crippen LogP contribution >= 0.6 is 0 Å². The van der Waals surface area contributed by atoms with Crippen LogP contribution in [0.15, 0.2) is 211 Å². The van der Waals surface area contributed by atoms with E-state index in [0.717, 1.165) is 23.0 Å². The zero-order chi connectivity index (χ0) is 46.4. The van der Waals surface area contributed by atoms with Gasteiger partial charge >= 0.3 is 0 Å². The van der Waals surface area contributed by atoms with Crippen LogP contribution in [0, 0.1) is 6.92 Å². The van der Waals surface area contributed by atoms with Gasteiger partial charge in [-0.15, -0.1) is 0 Å². The Balaban J connectivity index is 1.18. The third kappa shape index (κ3) is 5.46. The number of furan rings is 1. The smallest absolute Gasteiger partial charge is 0.248 e. The van der Waals surface area contributed by atoms with E-state index in [2.05, 4.69) is 232 Å². The number of nitrogens with zero attached hydrogens (tertiary/aromatic N) is 1. The van der Waals surface area contributed by atoms with Crippen molar-refractivity contribution in [2.45, 2.75) is 33.1 Å². The number of rotatable bonds is 5. The highest BCUT2D eigenvalue weighted by Crippen LogP contribution is 2.49. The molecule has 0 saturated heterocycles. The van der Waals surface area contributed by atoms with Gasteiger partial charge in [0.15, 0.2) is 0 Å². The number of fused-ring (bicyclic) bond motifs is 14. The number of benzene rings is 11. The molecule has 0 bridgehead atoms. The van der Waals surface area contributed by atoms with Crippen LogP contribution in [0.25, 0.3) is 115 Å². The molecule has 1 aliphatic heterocycles. The monoisotopic (exact) mass is 891 g/mol. The number of aromatic nitrogens is 1. The molecule has 328 valence electrons. The molecule has 3 heterocycles. The lowest BCUT2D eigenvalue weighted by Crippen LogP contribution is -2.58. The molecule has 0 spiro atoms. The Morgan fingerprint density at radius 1 is 0.471 bits per heavy atom. The van der Waals surface area contributed by atoms with Crippen LogP contribution in [0.3, 0.4) is 0 Å². The zero-order valence-electron chi connectivity index (χ0n) is 39.3. The van der Waals surface area contributed by atoms with Crippen molar-refractivity contribution in [3.8, 4) is 50.2 Å². The standard InChI is InChI=1S/C67H46BNO/c1-39(2)44-30-31-47-46(35-44)36-53-52(47)38-54-60(42-20-9-5-10-21-42)48-24-13-14-25-49(48)61(43-22-11-6-12-23-43)64(54)66(53)68-55-28-17-27-51-62-56(32-33-59-63(62)50-26-15-16-29-58(50)70-59)69(67(51)55)57-37-45(34-40(3)65(57)68)41-18-7-4-8-19-41/h4-35,37-39H,36H2,1-3H3. The molecule has 0 saturated carbocycles. The Morgan fingerprint density at radius 2 is 1.13 bits per heavy atom. The van der Waals surface area contributed by atoms with Crippen molar-refractivity contribution < 1.29 is 4.42 Å². The number of aryl methyl sites for hydroxylation is 1. The van der Waals surface area contributed by atoms with Crippen LogP contribution in [0.5, 0.6) is 0 Å². The fourth-order valence-corrected chi connectivity index (χ4v) is 13.0. The quantitative estimate of drug-likeness (QED) is 0.124. The molecule has 70 heavy (non-hydrogen) atoms. The third-order valence-electron chi connectivity index (χ3n) is 16.0. The van der Waals surface area contributed by atoms with Gasteiger partial charge in [-0.2, -0.15) is 0 Å². The highest BCUT2D eigenvalue weighted by molar-refractivity contribution is 7.00. The van der Waals surface area contributed by atoms with E-state index >= 15 is 0 Å². The summed E-state index contributed by atoms with van der Waals surface area (Å²) in [5.74, 6) is 0.428. The lowest BCUT2D eigenvalue weighted by molar-refractivity contribution is 0.669. The first-order valence-electron chi connectivity index (χ1n) is 24.9. The maximum absolute atomic E-state index is 6.64. The van der Waals surface area contributed by atoms with E-state index in [0.29, 0.717) is 5.92 Å². The molecule has 15 rings (SSSR count). The molecule has 1 aliphatic carbocycles. The SMILES string of the molecule is Cc1cc(-c2ccccc2)cc2c1B(c1c3c(cc4c(-c5ccccc5)c5ccccc5c(-c5ccccc5)c14)-c1ccc(C(C)C)cc1C3)c1cccc3c4c5c(ccc4n-2c13)oc1ccccc15. The van der Waals surface area contributed by atoms with Crippen molar-refractivity contribution in [1.82, 2.24) is 4.57 Å². The maximum atomic E-state index is 6.64. The van der Waals surface area contributed by atoms with Crippen molar-refractivity contribution in [2.24, 2.45) is 0 Å². The Morgan fingerprint density at radius 3 is 1.87 bits per heavy atom. The summed E-state index contributed by atoms with van der Waals surface area (Å²) in [4.78, 5) is 0. The van der Waals surface area contributed by atoms with Crippen molar-refractivity contribution in [2.75, 3.05) is 0 Å². The molecule has 0 unspecified atom stereocenters. The predicted molar refractivity (Wildman–Crippen MR) is 298 cm³/mol. The second kappa shape index (κ2) is 14.8. The fourth-order valence-electron chi connectivity index (χ4n) is 13.0. The van der Waals surface area contributed by atoms with Gasteiger partial charge in [-0.05, 0) is 143 Å². The first kappa shape index (κ1) is 39.6. The Hall–Kier alpha value is -8.40. The van der Waals surface area contributed by atoms with Crippen molar-refractivity contribution in [1.29, 1.82) is 0 Å². The topological polar surface area (TPSA) is 18.1 Å². The number of para-hydroxylation sites is 2. The molecular weight excluding hydrogens is 846 g/mol. The first-order valence-corrected chi connectivity index (χ1v) is 24.9. The average molecular weight is 892 g/mol. The second-order valence-corrected chi connectivity index (χ2v) is 20.0. The number of hydrogen-bond acceptors (Lipinski definition) is 1. The van der Waals surface area contributed by atoms with Crippen molar-refractivity contribution >= 4 is 88.4 Å². The van der Waals surface area contributed by atoms with Gasteiger partial charge in [0.1, 0.15) is 11.2 Å². The van der Waals surface area contributed by atoms with E-state index in [1.807, 2.05) is 0 Å². The molecule has 2 aliphatic rings. The largest absolute Gasteiger partial charge is 0.456 e. The summed E-state index contributed by atoms with van der Waals surface area (Å²) < 4.78 is 9.25. The Kier molecular flexibility index (Phi) is 8.37. The lowest BCUT2D eigenvalue weighted by atomic mass is 9.33. The predicted octanol–water partition coefficient (Wildman–Crippen LogP) is 15.8.